The SMILES string of the molecule is CC(C)(C)OC(=O)NCC1CCCCCC1O. The van der Waals surface area contributed by atoms with Crippen molar-refractivity contribution in [1.82, 2.24) is 5.32 Å². The number of alkyl carbamates (subject to hydrolysis) is 1. The first-order valence-corrected chi connectivity index (χ1v) is 6.53. The van der Waals surface area contributed by atoms with Crippen molar-refractivity contribution in [3.05, 3.63) is 0 Å². The van der Waals surface area contributed by atoms with E-state index in [1.807, 2.05) is 20.8 Å². The van der Waals surface area contributed by atoms with Crippen LogP contribution in [0.4, 0.5) is 4.79 Å². The number of carbonyl (C=O) groups excluding carboxylic acids is 1. The summed E-state index contributed by atoms with van der Waals surface area (Å²) in [6.07, 6.45) is 4.56. The fraction of sp³-hybridized carbons (Fsp3) is 0.923. The Bertz CT molecular complexity index is 248. The molecule has 1 fully saturated rings. The molecule has 0 radical (unpaired) electrons. The Balaban J connectivity index is 2.31. The minimum atomic E-state index is -0.466. The zero-order chi connectivity index (χ0) is 12.9. The van der Waals surface area contributed by atoms with Gasteiger partial charge in [0.2, 0.25) is 0 Å². The minimum Gasteiger partial charge on any atom is -0.444 e. The molecule has 2 unspecified atom stereocenters. The van der Waals surface area contributed by atoms with Crippen LogP contribution in [0.25, 0.3) is 0 Å². The summed E-state index contributed by atoms with van der Waals surface area (Å²) in [5.74, 6) is 0.171. The number of hydrogen-bond acceptors (Lipinski definition) is 3. The van der Waals surface area contributed by atoms with Crippen LogP contribution in [0.5, 0.6) is 0 Å². The molecule has 1 aliphatic carbocycles. The first kappa shape index (κ1) is 14.3. The van der Waals surface area contributed by atoms with Crippen LogP contribution in [0.1, 0.15) is 52.9 Å². The van der Waals surface area contributed by atoms with E-state index in [-0.39, 0.29) is 12.0 Å². The molecule has 1 aliphatic rings. The summed E-state index contributed by atoms with van der Waals surface area (Å²) < 4.78 is 5.16. The summed E-state index contributed by atoms with van der Waals surface area (Å²) in [6.45, 7) is 6.03. The fourth-order valence-corrected chi connectivity index (χ4v) is 2.13. The van der Waals surface area contributed by atoms with E-state index in [1.165, 1.54) is 6.42 Å². The van der Waals surface area contributed by atoms with Crippen molar-refractivity contribution in [2.75, 3.05) is 6.54 Å². The van der Waals surface area contributed by atoms with Gasteiger partial charge < -0.3 is 15.2 Å². The van der Waals surface area contributed by atoms with Gasteiger partial charge >= 0.3 is 6.09 Å². The van der Waals surface area contributed by atoms with Crippen molar-refractivity contribution in [2.45, 2.75) is 64.6 Å². The molecule has 17 heavy (non-hydrogen) atoms. The molecule has 0 saturated heterocycles. The van der Waals surface area contributed by atoms with E-state index in [2.05, 4.69) is 5.32 Å². The predicted octanol–water partition coefficient (Wildman–Crippen LogP) is 2.45. The predicted molar refractivity (Wildman–Crippen MR) is 66.8 cm³/mol. The van der Waals surface area contributed by atoms with Crippen LogP contribution in [0, 0.1) is 5.92 Å². The van der Waals surface area contributed by atoms with E-state index in [0.29, 0.717) is 6.54 Å². The molecular weight excluding hydrogens is 218 g/mol. The Morgan fingerprint density at radius 2 is 1.94 bits per heavy atom. The lowest BCUT2D eigenvalue weighted by atomic mass is 9.97. The van der Waals surface area contributed by atoms with E-state index in [4.69, 9.17) is 4.74 Å². The van der Waals surface area contributed by atoms with Gasteiger partial charge in [-0.2, -0.15) is 0 Å². The van der Waals surface area contributed by atoms with Gasteiger partial charge in [0.05, 0.1) is 6.10 Å². The van der Waals surface area contributed by atoms with Crippen molar-refractivity contribution in [3.8, 4) is 0 Å². The van der Waals surface area contributed by atoms with Crippen molar-refractivity contribution >= 4 is 6.09 Å². The standard InChI is InChI=1S/C13H25NO3/c1-13(2,3)17-12(16)14-9-10-7-5-4-6-8-11(10)15/h10-11,15H,4-9H2,1-3H3,(H,14,16). The van der Waals surface area contributed by atoms with E-state index in [9.17, 15) is 9.90 Å². The second-order valence-corrected chi connectivity index (χ2v) is 5.85. The van der Waals surface area contributed by atoms with Crippen LogP contribution >= 0.6 is 0 Å². The Morgan fingerprint density at radius 1 is 1.29 bits per heavy atom. The topological polar surface area (TPSA) is 58.6 Å². The van der Waals surface area contributed by atoms with Crippen molar-refractivity contribution in [2.24, 2.45) is 5.92 Å². The van der Waals surface area contributed by atoms with Gasteiger partial charge in [-0.15, -0.1) is 0 Å². The molecule has 2 N–H and O–H groups in total. The number of amides is 1. The molecule has 0 spiro atoms. The zero-order valence-corrected chi connectivity index (χ0v) is 11.2. The molecule has 4 heteroatoms. The smallest absolute Gasteiger partial charge is 0.407 e. The molecule has 1 saturated carbocycles. The van der Waals surface area contributed by atoms with E-state index >= 15 is 0 Å². The van der Waals surface area contributed by atoms with Gasteiger partial charge in [-0.25, -0.2) is 4.79 Å². The van der Waals surface area contributed by atoms with Gasteiger partial charge in [0.25, 0.3) is 0 Å². The first-order chi connectivity index (χ1) is 7.88. The molecule has 0 aromatic carbocycles. The van der Waals surface area contributed by atoms with Crippen LogP contribution in [-0.4, -0.2) is 29.4 Å². The Labute approximate surface area is 104 Å². The summed E-state index contributed by atoms with van der Waals surface area (Å²) in [7, 11) is 0. The molecule has 0 aliphatic heterocycles. The number of ether oxygens (including phenoxy) is 1. The normalized spacial score (nSPS) is 26.1. The minimum absolute atomic E-state index is 0.171. The summed E-state index contributed by atoms with van der Waals surface area (Å²) in [5, 5.41) is 12.6. The lowest BCUT2D eigenvalue weighted by Crippen LogP contribution is -2.38. The van der Waals surface area contributed by atoms with Crippen LogP contribution in [-0.2, 0) is 4.74 Å². The third kappa shape index (κ3) is 5.91. The number of aliphatic hydroxyl groups excluding tert-OH is 1. The third-order valence-corrected chi connectivity index (χ3v) is 3.03. The number of hydrogen-bond donors (Lipinski definition) is 2. The van der Waals surface area contributed by atoms with Crippen molar-refractivity contribution in [3.63, 3.8) is 0 Å². The molecule has 100 valence electrons. The number of rotatable bonds is 2. The molecule has 2 atom stereocenters. The van der Waals surface area contributed by atoms with Gasteiger partial charge in [-0.05, 0) is 33.6 Å². The molecule has 1 amide bonds. The zero-order valence-electron chi connectivity index (χ0n) is 11.2. The van der Waals surface area contributed by atoms with Crippen molar-refractivity contribution < 1.29 is 14.6 Å². The Hall–Kier alpha value is -0.770. The molecule has 4 nitrogen and oxygen atoms in total. The second kappa shape index (κ2) is 6.24. The highest BCUT2D eigenvalue weighted by Crippen LogP contribution is 2.22. The molecular formula is C13H25NO3. The lowest BCUT2D eigenvalue weighted by molar-refractivity contribution is 0.0480. The number of aliphatic hydroxyl groups is 1. The van der Waals surface area contributed by atoms with Crippen LogP contribution in [0.2, 0.25) is 0 Å². The molecule has 0 aromatic heterocycles. The average Bonchev–Trinajstić information content (AvgIpc) is 2.37. The number of carbonyl (C=O) groups is 1. The highest BCUT2D eigenvalue weighted by atomic mass is 16.6. The van der Waals surface area contributed by atoms with Crippen LogP contribution in [0.3, 0.4) is 0 Å². The monoisotopic (exact) mass is 243 g/mol. The Morgan fingerprint density at radius 3 is 2.59 bits per heavy atom. The molecule has 0 aromatic rings. The third-order valence-electron chi connectivity index (χ3n) is 3.03. The Kier molecular flexibility index (Phi) is 5.25. The van der Waals surface area contributed by atoms with Crippen LogP contribution < -0.4 is 5.32 Å². The largest absolute Gasteiger partial charge is 0.444 e. The summed E-state index contributed by atoms with van der Waals surface area (Å²) in [6, 6.07) is 0. The van der Waals surface area contributed by atoms with E-state index < -0.39 is 11.7 Å². The summed E-state index contributed by atoms with van der Waals surface area (Å²) >= 11 is 0. The van der Waals surface area contributed by atoms with Gasteiger partial charge in [0, 0.05) is 12.5 Å². The maximum atomic E-state index is 11.5. The summed E-state index contributed by atoms with van der Waals surface area (Å²) in [5.41, 5.74) is -0.466. The summed E-state index contributed by atoms with van der Waals surface area (Å²) in [4.78, 5) is 11.5. The molecule has 1 rings (SSSR count). The maximum absolute atomic E-state index is 11.5. The van der Waals surface area contributed by atoms with Gasteiger partial charge in [-0.1, -0.05) is 19.3 Å². The molecule has 0 heterocycles. The lowest BCUT2D eigenvalue weighted by Gasteiger charge is -2.23. The maximum Gasteiger partial charge on any atom is 0.407 e. The van der Waals surface area contributed by atoms with Gasteiger partial charge in [-0.3, -0.25) is 0 Å². The highest BCUT2D eigenvalue weighted by Gasteiger charge is 2.23. The van der Waals surface area contributed by atoms with E-state index in [0.717, 1.165) is 25.7 Å². The fourth-order valence-electron chi connectivity index (χ4n) is 2.13. The van der Waals surface area contributed by atoms with Gasteiger partial charge in [0.1, 0.15) is 5.60 Å². The first-order valence-electron chi connectivity index (χ1n) is 6.53. The van der Waals surface area contributed by atoms with Crippen LogP contribution in [0.15, 0.2) is 0 Å². The van der Waals surface area contributed by atoms with E-state index in [1.54, 1.807) is 0 Å². The second-order valence-electron chi connectivity index (χ2n) is 5.85. The average molecular weight is 243 g/mol. The van der Waals surface area contributed by atoms with Gasteiger partial charge in [0.15, 0.2) is 0 Å². The quantitative estimate of drug-likeness (QED) is 0.732. The highest BCUT2D eigenvalue weighted by molar-refractivity contribution is 5.67. The molecule has 0 bridgehead atoms. The number of nitrogens with one attached hydrogen (secondary N) is 1. The van der Waals surface area contributed by atoms with Crippen molar-refractivity contribution in [1.29, 1.82) is 0 Å².